The number of likely N-dealkylation sites (N-methyl/N-ethyl adjacent to an activating group) is 1. The third-order valence-electron chi connectivity index (χ3n) is 6.12. The van der Waals surface area contributed by atoms with Crippen LogP contribution in [0.5, 0.6) is 5.75 Å². The maximum absolute atomic E-state index is 11.3. The standard InChI is InChI=1S/C23H27N3O3/c1-16(25(2)3)21(26-11-10-24-15-26)19-5-4-18-13-20(7-6-17(18)12-19)29-14-23(8-9-23)22(27)28/h4-7,10-13,15-16,21H,8-9,14H2,1-3H3,(H,27,28). The second-order valence-electron chi connectivity index (χ2n) is 8.30. The molecule has 1 N–H and O–H groups in total. The summed E-state index contributed by atoms with van der Waals surface area (Å²) in [6, 6.07) is 12.9. The van der Waals surface area contributed by atoms with Crippen LogP contribution >= 0.6 is 0 Å². The molecule has 0 radical (unpaired) electrons. The van der Waals surface area contributed by atoms with Crippen molar-refractivity contribution in [1.82, 2.24) is 14.5 Å². The molecule has 152 valence electrons. The van der Waals surface area contributed by atoms with E-state index in [4.69, 9.17) is 4.74 Å². The van der Waals surface area contributed by atoms with E-state index in [1.807, 2.05) is 36.9 Å². The van der Waals surface area contributed by atoms with E-state index in [0.717, 1.165) is 10.8 Å². The third-order valence-corrected chi connectivity index (χ3v) is 6.12. The molecule has 6 heteroatoms. The van der Waals surface area contributed by atoms with Crippen LogP contribution in [0.25, 0.3) is 10.8 Å². The van der Waals surface area contributed by atoms with Gasteiger partial charge in [-0.15, -0.1) is 0 Å². The van der Waals surface area contributed by atoms with Gasteiger partial charge < -0.3 is 19.3 Å². The molecular weight excluding hydrogens is 366 g/mol. The second kappa shape index (κ2) is 7.52. The highest BCUT2D eigenvalue weighted by molar-refractivity contribution is 5.84. The molecule has 0 bridgehead atoms. The normalized spacial score (nSPS) is 17.2. The van der Waals surface area contributed by atoms with E-state index in [1.165, 1.54) is 5.56 Å². The van der Waals surface area contributed by atoms with Crippen LogP contribution in [0.1, 0.15) is 31.4 Å². The van der Waals surface area contributed by atoms with Crippen molar-refractivity contribution in [3.05, 3.63) is 60.7 Å². The van der Waals surface area contributed by atoms with E-state index in [1.54, 1.807) is 0 Å². The maximum Gasteiger partial charge on any atom is 0.313 e. The number of rotatable bonds is 8. The number of aliphatic carboxylic acids is 1. The maximum atomic E-state index is 11.3. The highest BCUT2D eigenvalue weighted by Crippen LogP contribution is 2.46. The molecule has 2 unspecified atom stereocenters. The van der Waals surface area contributed by atoms with Crippen molar-refractivity contribution in [2.75, 3.05) is 20.7 Å². The van der Waals surface area contributed by atoms with Gasteiger partial charge in [0.15, 0.2) is 0 Å². The van der Waals surface area contributed by atoms with Gasteiger partial charge in [-0.05, 0) is 68.4 Å². The molecule has 0 saturated heterocycles. The molecule has 1 aliphatic carbocycles. The molecular formula is C23H27N3O3. The molecule has 2 aromatic carbocycles. The first kappa shape index (κ1) is 19.5. The zero-order chi connectivity index (χ0) is 20.6. The van der Waals surface area contributed by atoms with Gasteiger partial charge in [0.2, 0.25) is 0 Å². The summed E-state index contributed by atoms with van der Waals surface area (Å²) in [7, 11) is 4.17. The summed E-state index contributed by atoms with van der Waals surface area (Å²) in [5.41, 5.74) is 0.535. The van der Waals surface area contributed by atoms with E-state index in [9.17, 15) is 9.90 Å². The van der Waals surface area contributed by atoms with Gasteiger partial charge in [-0.2, -0.15) is 0 Å². The van der Waals surface area contributed by atoms with Crippen LogP contribution in [0.15, 0.2) is 55.1 Å². The Balaban J connectivity index is 1.59. The predicted molar refractivity (Wildman–Crippen MR) is 112 cm³/mol. The fourth-order valence-electron chi connectivity index (χ4n) is 3.72. The summed E-state index contributed by atoms with van der Waals surface area (Å²) < 4.78 is 7.95. The van der Waals surface area contributed by atoms with E-state index in [0.29, 0.717) is 18.6 Å². The summed E-state index contributed by atoms with van der Waals surface area (Å²) in [4.78, 5) is 17.8. The minimum Gasteiger partial charge on any atom is -0.492 e. The number of carboxylic acids is 1. The zero-order valence-electron chi connectivity index (χ0n) is 17.1. The Hall–Kier alpha value is -2.86. The van der Waals surface area contributed by atoms with Crippen molar-refractivity contribution in [1.29, 1.82) is 0 Å². The van der Waals surface area contributed by atoms with Crippen LogP contribution in [0.2, 0.25) is 0 Å². The molecule has 0 aliphatic heterocycles. The molecule has 0 spiro atoms. The fourth-order valence-corrected chi connectivity index (χ4v) is 3.72. The number of aromatic nitrogens is 2. The molecule has 1 aromatic heterocycles. The SMILES string of the molecule is CC(C(c1ccc2cc(OCC3(C(=O)O)CC3)ccc2c1)n1ccnc1)N(C)C. The monoisotopic (exact) mass is 393 g/mol. The lowest BCUT2D eigenvalue weighted by Gasteiger charge is -2.31. The van der Waals surface area contributed by atoms with Crippen LogP contribution in [-0.4, -0.2) is 52.3 Å². The first-order chi connectivity index (χ1) is 13.9. The molecule has 29 heavy (non-hydrogen) atoms. The highest BCUT2D eigenvalue weighted by atomic mass is 16.5. The topological polar surface area (TPSA) is 67.6 Å². The van der Waals surface area contributed by atoms with Gasteiger partial charge in [-0.1, -0.05) is 18.2 Å². The fraction of sp³-hybridized carbons (Fsp3) is 0.391. The minimum absolute atomic E-state index is 0.151. The number of carboxylic acid groups (broad SMARTS) is 1. The number of fused-ring (bicyclic) bond motifs is 1. The van der Waals surface area contributed by atoms with E-state index in [-0.39, 0.29) is 18.7 Å². The number of nitrogens with zero attached hydrogens (tertiary/aromatic N) is 3. The summed E-state index contributed by atoms with van der Waals surface area (Å²) in [6.45, 7) is 2.44. The smallest absolute Gasteiger partial charge is 0.313 e. The van der Waals surface area contributed by atoms with Crippen molar-refractivity contribution < 1.29 is 14.6 Å². The number of imidazole rings is 1. The third kappa shape index (κ3) is 3.85. The van der Waals surface area contributed by atoms with Crippen LogP contribution in [-0.2, 0) is 4.79 Å². The number of hydrogen-bond acceptors (Lipinski definition) is 4. The van der Waals surface area contributed by atoms with Crippen molar-refractivity contribution >= 4 is 16.7 Å². The van der Waals surface area contributed by atoms with Gasteiger partial charge in [-0.25, -0.2) is 4.98 Å². The average molecular weight is 393 g/mol. The molecule has 1 aliphatic rings. The van der Waals surface area contributed by atoms with Crippen LogP contribution in [0.4, 0.5) is 0 Å². The lowest BCUT2D eigenvalue weighted by molar-refractivity contribution is -0.144. The van der Waals surface area contributed by atoms with Gasteiger partial charge in [0, 0.05) is 18.4 Å². The summed E-state index contributed by atoms with van der Waals surface area (Å²) in [5.74, 6) is -0.0471. The Labute approximate surface area is 170 Å². The van der Waals surface area contributed by atoms with Crippen molar-refractivity contribution in [3.63, 3.8) is 0 Å². The lowest BCUT2D eigenvalue weighted by atomic mass is 9.96. The van der Waals surface area contributed by atoms with Gasteiger partial charge >= 0.3 is 5.97 Å². The van der Waals surface area contributed by atoms with Gasteiger partial charge in [-0.3, -0.25) is 4.79 Å². The number of benzene rings is 2. The van der Waals surface area contributed by atoms with Gasteiger partial charge in [0.1, 0.15) is 17.8 Å². The van der Waals surface area contributed by atoms with E-state index < -0.39 is 11.4 Å². The lowest BCUT2D eigenvalue weighted by Crippen LogP contribution is -2.34. The number of ether oxygens (including phenoxy) is 1. The van der Waals surface area contributed by atoms with E-state index >= 15 is 0 Å². The molecule has 1 saturated carbocycles. The Morgan fingerprint density at radius 1 is 1.24 bits per heavy atom. The molecule has 0 amide bonds. The van der Waals surface area contributed by atoms with Crippen LogP contribution in [0, 0.1) is 5.41 Å². The Bertz CT molecular complexity index is 1010. The Kier molecular flexibility index (Phi) is 5.04. The molecule has 4 rings (SSSR count). The molecule has 3 aromatic rings. The largest absolute Gasteiger partial charge is 0.492 e. The van der Waals surface area contributed by atoms with Crippen molar-refractivity contribution in [2.24, 2.45) is 5.41 Å². The van der Waals surface area contributed by atoms with E-state index in [2.05, 4.69) is 53.7 Å². The quantitative estimate of drug-likeness (QED) is 0.630. The molecule has 2 atom stereocenters. The van der Waals surface area contributed by atoms with Crippen molar-refractivity contribution in [2.45, 2.75) is 31.8 Å². The molecule has 6 nitrogen and oxygen atoms in total. The average Bonchev–Trinajstić information content (AvgIpc) is 3.33. The van der Waals surface area contributed by atoms with Crippen LogP contribution in [0.3, 0.4) is 0 Å². The Morgan fingerprint density at radius 2 is 1.97 bits per heavy atom. The first-order valence-corrected chi connectivity index (χ1v) is 9.93. The Morgan fingerprint density at radius 3 is 2.59 bits per heavy atom. The highest BCUT2D eigenvalue weighted by Gasteiger charge is 2.51. The van der Waals surface area contributed by atoms with Gasteiger partial charge in [0.25, 0.3) is 0 Å². The van der Waals surface area contributed by atoms with Gasteiger partial charge in [0.05, 0.1) is 12.4 Å². The number of carbonyl (C=O) groups is 1. The van der Waals surface area contributed by atoms with Crippen molar-refractivity contribution in [3.8, 4) is 5.75 Å². The summed E-state index contributed by atoms with van der Waals surface area (Å²) >= 11 is 0. The zero-order valence-corrected chi connectivity index (χ0v) is 17.1. The molecule has 1 fully saturated rings. The van der Waals surface area contributed by atoms with Crippen LogP contribution < -0.4 is 4.74 Å². The molecule has 1 heterocycles. The second-order valence-corrected chi connectivity index (χ2v) is 8.30. The first-order valence-electron chi connectivity index (χ1n) is 9.93. The summed E-state index contributed by atoms with van der Waals surface area (Å²) in [6.07, 6.45) is 7.06. The minimum atomic E-state index is -0.761. The predicted octanol–water partition coefficient (Wildman–Crippen LogP) is 3.82. The summed E-state index contributed by atoms with van der Waals surface area (Å²) in [5, 5.41) is 11.5. The number of hydrogen-bond donors (Lipinski definition) is 1.